The number of esters is 1. The van der Waals surface area contributed by atoms with E-state index < -0.39 is 12.0 Å². The zero-order chi connectivity index (χ0) is 26.5. The van der Waals surface area contributed by atoms with E-state index in [-0.39, 0.29) is 6.61 Å². The minimum absolute atomic E-state index is 0.247. The maximum absolute atomic E-state index is 13.4. The maximum Gasteiger partial charge on any atom is 0.338 e. The van der Waals surface area contributed by atoms with Gasteiger partial charge in [0, 0.05) is 0 Å². The number of anilines is 1. The fourth-order valence-electron chi connectivity index (χ4n) is 4.57. The monoisotopic (exact) mass is 510 g/mol. The van der Waals surface area contributed by atoms with Gasteiger partial charge in [0.05, 0.1) is 24.5 Å². The van der Waals surface area contributed by atoms with Gasteiger partial charge in [-0.15, -0.1) is 0 Å². The van der Waals surface area contributed by atoms with Crippen LogP contribution in [0.1, 0.15) is 42.1 Å². The van der Waals surface area contributed by atoms with Gasteiger partial charge in [0.25, 0.3) is 0 Å². The van der Waals surface area contributed by atoms with Gasteiger partial charge >= 0.3 is 5.97 Å². The molecule has 8 nitrogen and oxygen atoms in total. The molecule has 1 aliphatic heterocycles. The van der Waals surface area contributed by atoms with Crippen LogP contribution in [0.15, 0.2) is 84.7 Å². The van der Waals surface area contributed by atoms with Crippen molar-refractivity contribution in [1.29, 1.82) is 0 Å². The molecule has 0 amide bonds. The van der Waals surface area contributed by atoms with Crippen molar-refractivity contribution >= 4 is 17.6 Å². The quantitative estimate of drug-likeness (QED) is 0.295. The Hall–Kier alpha value is -4.59. The van der Waals surface area contributed by atoms with Gasteiger partial charge in [-0.1, -0.05) is 66.2 Å². The van der Waals surface area contributed by atoms with E-state index in [1.165, 1.54) is 11.9 Å². The summed E-state index contributed by atoms with van der Waals surface area (Å²) in [6.07, 6.45) is 1.47. The average molecular weight is 511 g/mol. The van der Waals surface area contributed by atoms with Crippen LogP contribution in [-0.4, -0.2) is 33.9 Å². The molecule has 1 aromatic heterocycles. The highest BCUT2D eigenvalue weighted by Gasteiger charge is 2.36. The first kappa shape index (κ1) is 25.1. The summed E-state index contributed by atoms with van der Waals surface area (Å²) in [4.78, 5) is 17.8. The lowest BCUT2D eigenvalue weighted by atomic mass is 9.92. The zero-order valence-electron chi connectivity index (χ0n) is 21.7. The fraction of sp³-hybridized carbons (Fsp3) is 0.233. The first-order valence-electron chi connectivity index (χ1n) is 12.7. The van der Waals surface area contributed by atoms with Gasteiger partial charge in [-0.05, 0) is 49.6 Å². The Morgan fingerprint density at radius 2 is 1.79 bits per heavy atom. The molecule has 0 saturated heterocycles. The topological polar surface area (TPSA) is 87.5 Å². The van der Waals surface area contributed by atoms with Gasteiger partial charge in [0.2, 0.25) is 5.95 Å². The van der Waals surface area contributed by atoms with Gasteiger partial charge in [0.1, 0.15) is 19.0 Å². The van der Waals surface area contributed by atoms with Crippen molar-refractivity contribution in [3.63, 3.8) is 0 Å². The van der Waals surface area contributed by atoms with E-state index >= 15 is 0 Å². The zero-order valence-corrected chi connectivity index (χ0v) is 21.7. The number of rotatable bonds is 9. The molecule has 2 heterocycles. The highest BCUT2D eigenvalue weighted by Crippen LogP contribution is 2.41. The Labute approximate surface area is 221 Å². The van der Waals surface area contributed by atoms with E-state index in [1.54, 1.807) is 11.6 Å². The Morgan fingerprint density at radius 1 is 0.947 bits per heavy atom. The predicted molar refractivity (Wildman–Crippen MR) is 145 cm³/mol. The van der Waals surface area contributed by atoms with Crippen molar-refractivity contribution in [2.45, 2.75) is 33.4 Å². The largest absolute Gasteiger partial charge is 0.490 e. The van der Waals surface area contributed by atoms with Crippen LogP contribution < -0.4 is 14.8 Å². The molecule has 0 radical (unpaired) electrons. The summed E-state index contributed by atoms with van der Waals surface area (Å²) < 4.78 is 19.4. The number of carbonyl (C=O) groups excluding carboxylic acids is 1. The van der Waals surface area contributed by atoms with E-state index in [2.05, 4.69) is 34.5 Å². The van der Waals surface area contributed by atoms with Crippen molar-refractivity contribution < 1.29 is 19.0 Å². The predicted octanol–water partition coefficient (Wildman–Crippen LogP) is 5.55. The molecule has 1 aliphatic rings. The number of carbonyl (C=O) groups is 1. The molecule has 0 bridgehead atoms. The van der Waals surface area contributed by atoms with Crippen LogP contribution in [0.2, 0.25) is 0 Å². The number of hydrogen-bond acceptors (Lipinski definition) is 7. The number of aromatic nitrogens is 3. The van der Waals surface area contributed by atoms with Crippen molar-refractivity contribution in [2.24, 2.45) is 0 Å². The van der Waals surface area contributed by atoms with Gasteiger partial charge in [0.15, 0.2) is 11.5 Å². The Morgan fingerprint density at radius 3 is 2.55 bits per heavy atom. The number of fused-ring (bicyclic) bond motifs is 1. The lowest BCUT2D eigenvalue weighted by Gasteiger charge is -2.30. The Bertz CT molecular complexity index is 1460. The lowest BCUT2D eigenvalue weighted by molar-refractivity contribution is -0.138. The third-order valence-electron chi connectivity index (χ3n) is 6.22. The molecular formula is C30H30N4O4. The molecule has 5 rings (SSSR count). The van der Waals surface area contributed by atoms with Gasteiger partial charge in [-0.2, -0.15) is 10.1 Å². The SMILES string of the molecule is CCOC(=O)C1=C(c2ccccc2)Nc2ncnn2[C@H]1c1ccc(OCc2cccc(C)c2)c(OCC)c1. The molecule has 0 fully saturated rings. The van der Waals surface area contributed by atoms with Gasteiger partial charge < -0.3 is 19.5 Å². The first-order chi connectivity index (χ1) is 18.6. The number of hydrogen-bond donors (Lipinski definition) is 1. The highest BCUT2D eigenvalue weighted by atomic mass is 16.5. The van der Waals surface area contributed by atoms with Crippen LogP contribution in [0.25, 0.3) is 5.70 Å². The van der Waals surface area contributed by atoms with Crippen LogP contribution in [0.3, 0.4) is 0 Å². The summed E-state index contributed by atoms with van der Waals surface area (Å²) in [5.41, 5.74) is 4.95. The third-order valence-corrected chi connectivity index (χ3v) is 6.22. The first-order valence-corrected chi connectivity index (χ1v) is 12.7. The summed E-state index contributed by atoms with van der Waals surface area (Å²) >= 11 is 0. The highest BCUT2D eigenvalue weighted by molar-refractivity contribution is 6.02. The van der Waals surface area contributed by atoms with Crippen LogP contribution in [0.5, 0.6) is 11.5 Å². The molecule has 0 spiro atoms. The second-order valence-corrected chi connectivity index (χ2v) is 8.85. The van der Waals surface area contributed by atoms with Crippen LogP contribution in [-0.2, 0) is 16.1 Å². The van der Waals surface area contributed by atoms with E-state index in [0.717, 1.165) is 16.7 Å². The average Bonchev–Trinajstić information content (AvgIpc) is 3.41. The molecule has 0 aliphatic carbocycles. The Balaban J connectivity index is 1.58. The van der Waals surface area contributed by atoms with Gasteiger partial charge in [-0.25, -0.2) is 9.48 Å². The fourth-order valence-corrected chi connectivity index (χ4v) is 4.57. The van der Waals surface area contributed by atoms with E-state index in [0.29, 0.717) is 41.9 Å². The van der Waals surface area contributed by atoms with Crippen LogP contribution >= 0.6 is 0 Å². The van der Waals surface area contributed by atoms with E-state index in [1.807, 2.05) is 67.6 Å². The second-order valence-electron chi connectivity index (χ2n) is 8.85. The molecule has 4 aromatic rings. The minimum atomic E-state index is -0.590. The van der Waals surface area contributed by atoms with E-state index in [4.69, 9.17) is 14.2 Å². The molecule has 1 N–H and O–H groups in total. The summed E-state index contributed by atoms with van der Waals surface area (Å²) in [5.74, 6) is 1.31. The molecule has 0 saturated carbocycles. The third kappa shape index (κ3) is 5.11. The van der Waals surface area contributed by atoms with Crippen molar-refractivity contribution in [3.8, 4) is 11.5 Å². The summed E-state index contributed by atoms with van der Waals surface area (Å²) in [5, 5.41) is 7.74. The molecule has 3 aromatic carbocycles. The van der Waals surface area contributed by atoms with Crippen LogP contribution in [0, 0.1) is 6.92 Å². The molecule has 1 atom stereocenters. The molecule has 0 unspecified atom stereocenters. The molecular weight excluding hydrogens is 480 g/mol. The van der Waals surface area contributed by atoms with E-state index in [9.17, 15) is 4.79 Å². The van der Waals surface area contributed by atoms with Crippen molar-refractivity contribution in [1.82, 2.24) is 14.8 Å². The van der Waals surface area contributed by atoms with Crippen LogP contribution in [0.4, 0.5) is 5.95 Å². The number of nitrogens with one attached hydrogen (secondary N) is 1. The molecule has 8 heteroatoms. The summed E-state index contributed by atoms with van der Waals surface area (Å²) in [6, 6.07) is 23.0. The minimum Gasteiger partial charge on any atom is -0.490 e. The smallest absolute Gasteiger partial charge is 0.338 e. The number of benzene rings is 3. The number of nitrogens with zero attached hydrogens (tertiary/aromatic N) is 3. The van der Waals surface area contributed by atoms with Crippen molar-refractivity contribution in [3.05, 3.63) is 107 Å². The molecule has 194 valence electrons. The Kier molecular flexibility index (Phi) is 7.40. The lowest BCUT2D eigenvalue weighted by Crippen LogP contribution is -2.30. The van der Waals surface area contributed by atoms with Crippen molar-refractivity contribution in [2.75, 3.05) is 18.5 Å². The standard InChI is InChI=1S/C30H30N4O4/c1-4-36-25-17-23(14-15-24(25)38-18-21-11-9-10-20(3)16-21)28-26(29(35)37-5-2)27(22-12-7-6-8-13-22)33-30-31-19-32-34(28)30/h6-17,19,28H,4-5,18H2,1-3H3,(H,31,32,33)/t28-/m0/s1. The number of ether oxygens (including phenoxy) is 3. The summed E-state index contributed by atoms with van der Waals surface area (Å²) in [7, 11) is 0. The molecule has 38 heavy (non-hydrogen) atoms. The maximum atomic E-state index is 13.4. The van der Waals surface area contributed by atoms with Gasteiger partial charge in [-0.3, -0.25) is 0 Å². The second kappa shape index (κ2) is 11.2. The number of aryl methyl sites for hydroxylation is 1. The summed E-state index contributed by atoms with van der Waals surface area (Å²) in [6.45, 7) is 6.89. The normalized spacial score (nSPS) is 14.4.